The van der Waals surface area contributed by atoms with Crippen molar-refractivity contribution in [3.63, 3.8) is 0 Å². The zero-order valence-electron chi connectivity index (χ0n) is 17.4. The van der Waals surface area contributed by atoms with Crippen LogP contribution in [0.2, 0.25) is 0 Å². The zero-order chi connectivity index (χ0) is 21.1. The Bertz CT molecular complexity index is 1200. The van der Waals surface area contributed by atoms with Gasteiger partial charge in [0, 0.05) is 35.4 Å². The van der Waals surface area contributed by atoms with Crippen molar-refractivity contribution in [2.75, 3.05) is 29.1 Å². The molecule has 0 saturated heterocycles. The van der Waals surface area contributed by atoms with Crippen LogP contribution in [0.1, 0.15) is 19.4 Å². The first-order valence-electron chi connectivity index (χ1n) is 10.1. The Labute approximate surface area is 180 Å². The number of H-pyrrole nitrogens is 1. The Hall–Kier alpha value is -3.06. The van der Waals surface area contributed by atoms with Crippen LogP contribution in [0.3, 0.4) is 0 Å². The predicted octanol–water partition coefficient (Wildman–Crippen LogP) is 5.00. The highest BCUT2D eigenvalue weighted by Gasteiger charge is 2.13. The van der Waals surface area contributed by atoms with Crippen LogP contribution in [-0.4, -0.2) is 39.7 Å². The van der Waals surface area contributed by atoms with Crippen LogP contribution >= 0.6 is 11.8 Å². The number of hydrogen-bond donors (Lipinski definition) is 2. The number of aromatic nitrogens is 3. The van der Waals surface area contributed by atoms with Crippen LogP contribution in [-0.2, 0) is 4.79 Å². The average Bonchev–Trinajstić information content (AvgIpc) is 3.14. The van der Waals surface area contributed by atoms with E-state index in [9.17, 15) is 4.79 Å². The molecule has 2 aromatic heterocycles. The van der Waals surface area contributed by atoms with Crippen molar-refractivity contribution >= 4 is 51.0 Å². The molecule has 2 aromatic carbocycles. The SMILES string of the molecule is CCN(CC)c1ccc(NC(=O)CSc2ncnc3c2[nH]c2ccccc23)c(C)c1. The second-order valence-corrected chi connectivity index (χ2v) is 8.05. The number of aryl methyl sites for hydroxylation is 1. The molecule has 4 rings (SSSR count). The summed E-state index contributed by atoms with van der Waals surface area (Å²) in [4.78, 5) is 27.0. The highest BCUT2D eigenvalue weighted by atomic mass is 32.2. The van der Waals surface area contributed by atoms with Crippen LogP contribution in [0.25, 0.3) is 21.9 Å². The minimum atomic E-state index is -0.0541. The van der Waals surface area contributed by atoms with Crippen LogP contribution in [0.5, 0.6) is 0 Å². The van der Waals surface area contributed by atoms with E-state index in [0.29, 0.717) is 0 Å². The van der Waals surface area contributed by atoms with Gasteiger partial charge >= 0.3 is 0 Å². The fraction of sp³-hybridized carbons (Fsp3) is 0.261. The third kappa shape index (κ3) is 3.98. The maximum atomic E-state index is 12.6. The van der Waals surface area contributed by atoms with Crippen LogP contribution in [0.4, 0.5) is 11.4 Å². The summed E-state index contributed by atoms with van der Waals surface area (Å²) in [6, 6.07) is 14.2. The van der Waals surface area contributed by atoms with Gasteiger partial charge in [0.1, 0.15) is 16.9 Å². The highest BCUT2D eigenvalue weighted by molar-refractivity contribution is 8.00. The molecule has 0 unspecified atom stereocenters. The Morgan fingerprint density at radius 2 is 1.93 bits per heavy atom. The molecule has 154 valence electrons. The van der Waals surface area contributed by atoms with Gasteiger partial charge in [-0.05, 0) is 50.6 Å². The molecule has 0 aliphatic heterocycles. The first kappa shape index (κ1) is 20.2. The first-order valence-corrected chi connectivity index (χ1v) is 11.1. The van der Waals surface area contributed by atoms with Crippen molar-refractivity contribution in [2.24, 2.45) is 0 Å². The van der Waals surface area contributed by atoms with Gasteiger partial charge in [-0.15, -0.1) is 0 Å². The van der Waals surface area contributed by atoms with Gasteiger partial charge in [0.25, 0.3) is 0 Å². The standard InChI is InChI=1S/C23H25N5OS/c1-4-28(5-2)16-10-11-18(15(3)12-16)26-20(29)13-30-23-22-21(24-14-25-23)17-8-6-7-9-19(17)27-22/h6-12,14,27H,4-5,13H2,1-3H3,(H,26,29). The number of amides is 1. The van der Waals surface area contributed by atoms with Gasteiger partial charge in [-0.3, -0.25) is 4.79 Å². The van der Waals surface area contributed by atoms with E-state index >= 15 is 0 Å². The maximum Gasteiger partial charge on any atom is 0.234 e. The Kier molecular flexibility index (Phi) is 5.90. The predicted molar refractivity (Wildman–Crippen MR) is 125 cm³/mol. The van der Waals surface area contributed by atoms with Gasteiger partial charge in [-0.2, -0.15) is 0 Å². The van der Waals surface area contributed by atoms with E-state index in [1.165, 1.54) is 17.4 Å². The number of para-hydroxylation sites is 1. The van der Waals surface area contributed by atoms with Crippen molar-refractivity contribution in [1.29, 1.82) is 0 Å². The number of nitrogens with one attached hydrogen (secondary N) is 2. The zero-order valence-corrected chi connectivity index (χ0v) is 18.2. The lowest BCUT2D eigenvalue weighted by atomic mass is 10.1. The largest absolute Gasteiger partial charge is 0.372 e. The normalized spacial score (nSPS) is 11.2. The lowest BCUT2D eigenvalue weighted by Gasteiger charge is -2.22. The van der Waals surface area contributed by atoms with Crippen molar-refractivity contribution < 1.29 is 4.79 Å². The van der Waals surface area contributed by atoms with E-state index in [1.807, 2.05) is 37.3 Å². The number of benzene rings is 2. The minimum Gasteiger partial charge on any atom is -0.372 e. The smallest absolute Gasteiger partial charge is 0.234 e. The summed E-state index contributed by atoms with van der Waals surface area (Å²) < 4.78 is 0. The Morgan fingerprint density at radius 1 is 1.13 bits per heavy atom. The lowest BCUT2D eigenvalue weighted by Crippen LogP contribution is -2.22. The van der Waals surface area contributed by atoms with E-state index in [1.54, 1.807) is 6.33 Å². The van der Waals surface area contributed by atoms with E-state index in [0.717, 1.165) is 51.3 Å². The fourth-order valence-electron chi connectivity index (χ4n) is 3.62. The quantitative estimate of drug-likeness (QED) is 0.326. The third-order valence-electron chi connectivity index (χ3n) is 5.21. The van der Waals surface area contributed by atoms with Crippen molar-refractivity contribution in [3.8, 4) is 0 Å². The first-order chi connectivity index (χ1) is 14.6. The van der Waals surface area contributed by atoms with Gasteiger partial charge in [-0.25, -0.2) is 9.97 Å². The molecule has 7 heteroatoms. The molecule has 2 heterocycles. The second-order valence-electron chi connectivity index (χ2n) is 7.08. The number of anilines is 2. The van der Waals surface area contributed by atoms with Gasteiger partial charge in [0.2, 0.25) is 5.91 Å². The molecule has 0 aliphatic carbocycles. The molecule has 0 saturated carbocycles. The molecular formula is C23H25N5OS. The molecule has 0 bridgehead atoms. The molecule has 0 fully saturated rings. The molecule has 0 atom stereocenters. The van der Waals surface area contributed by atoms with Gasteiger partial charge in [0.15, 0.2) is 0 Å². The summed E-state index contributed by atoms with van der Waals surface area (Å²) in [5.41, 5.74) is 5.84. The molecule has 6 nitrogen and oxygen atoms in total. The summed E-state index contributed by atoms with van der Waals surface area (Å²) >= 11 is 1.41. The molecule has 4 aromatic rings. The monoisotopic (exact) mass is 419 g/mol. The topological polar surface area (TPSA) is 73.9 Å². The van der Waals surface area contributed by atoms with Gasteiger partial charge in [0.05, 0.1) is 11.3 Å². The Balaban J connectivity index is 1.47. The number of fused-ring (bicyclic) bond motifs is 3. The fourth-order valence-corrected chi connectivity index (χ4v) is 4.38. The molecule has 0 spiro atoms. The highest BCUT2D eigenvalue weighted by Crippen LogP contribution is 2.30. The van der Waals surface area contributed by atoms with Crippen LogP contribution in [0, 0.1) is 6.92 Å². The number of rotatable bonds is 7. The van der Waals surface area contributed by atoms with Crippen molar-refractivity contribution in [2.45, 2.75) is 25.8 Å². The second kappa shape index (κ2) is 8.75. The molecule has 2 N–H and O–H groups in total. The summed E-state index contributed by atoms with van der Waals surface area (Å²) in [5.74, 6) is 0.222. The summed E-state index contributed by atoms with van der Waals surface area (Å²) in [5, 5.41) is 4.86. The number of carbonyl (C=O) groups excluding carboxylic acids is 1. The summed E-state index contributed by atoms with van der Waals surface area (Å²) in [6.07, 6.45) is 1.55. The summed E-state index contributed by atoms with van der Waals surface area (Å²) in [6.45, 7) is 8.22. The van der Waals surface area contributed by atoms with E-state index < -0.39 is 0 Å². The summed E-state index contributed by atoms with van der Waals surface area (Å²) in [7, 11) is 0. The Morgan fingerprint density at radius 3 is 2.70 bits per heavy atom. The van der Waals surface area contributed by atoms with Crippen molar-refractivity contribution in [3.05, 3.63) is 54.4 Å². The number of hydrogen-bond acceptors (Lipinski definition) is 5. The minimum absolute atomic E-state index is 0.0541. The average molecular weight is 420 g/mol. The van der Waals surface area contributed by atoms with Gasteiger partial charge in [-0.1, -0.05) is 30.0 Å². The van der Waals surface area contributed by atoms with Crippen molar-refractivity contribution in [1.82, 2.24) is 15.0 Å². The lowest BCUT2D eigenvalue weighted by molar-refractivity contribution is -0.113. The molecule has 0 radical (unpaired) electrons. The number of thioether (sulfide) groups is 1. The van der Waals surface area contributed by atoms with E-state index in [2.05, 4.69) is 51.1 Å². The van der Waals surface area contributed by atoms with Crippen LogP contribution < -0.4 is 10.2 Å². The van der Waals surface area contributed by atoms with Crippen LogP contribution in [0.15, 0.2) is 53.8 Å². The van der Waals surface area contributed by atoms with E-state index in [4.69, 9.17) is 0 Å². The third-order valence-corrected chi connectivity index (χ3v) is 6.20. The van der Waals surface area contributed by atoms with Gasteiger partial charge < -0.3 is 15.2 Å². The number of carbonyl (C=O) groups is 1. The molecule has 0 aliphatic rings. The maximum absolute atomic E-state index is 12.6. The number of nitrogens with zero attached hydrogens (tertiary/aromatic N) is 3. The molecular weight excluding hydrogens is 394 g/mol. The molecule has 30 heavy (non-hydrogen) atoms. The molecule has 1 amide bonds. The van der Waals surface area contributed by atoms with E-state index in [-0.39, 0.29) is 11.7 Å². The number of aromatic amines is 1.